The third-order valence-electron chi connectivity index (χ3n) is 5.57. The number of likely N-dealkylation sites (tertiary alicyclic amines) is 1. The first kappa shape index (κ1) is 16.4. The Morgan fingerprint density at radius 2 is 2.12 bits per heavy atom. The van der Waals surface area contributed by atoms with Crippen LogP contribution in [0.5, 0.6) is 0 Å². The molecule has 25 heavy (non-hydrogen) atoms. The maximum Gasteiger partial charge on any atom is 0.339 e. The normalized spacial score (nSPS) is 26.5. The molecule has 1 aromatic carbocycles. The van der Waals surface area contributed by atoms with Gasteiger partial charge in [-0.05, 0) is 25.0 Å². The molecule has 1 aromatic heterocycles. The molecule has 1 N–H and O–H groups in total. The summed E-state index contributed by atoms with van der Waals surface area (Å²) in [6.07, 6.45) is 1.01. The topological polar surface area (TPSA) is 62.9 Å². The summed E-state index contributed by atoms with van der Waals surface area (Å²) in [6, 6.07) is 12.7. The summed E-state index contributed by atoms with van der Waals surface area (Å²) >= 11 is 0. The lowest BCUT2D eigenvalue weighted by atomic mass is 9.84. The van der Waals surface area contributed by atoms with Crippen LogP contribution in [0.3, 0.4) is 0 Å². The third kappa shape index (κ3) is 3.10. The van der Waals surface area contributed by atoms with Gasteiger partial charge in [-0.25, -0.2) is 4.79 Å². The lowest BCUT2D eigenvalue weighted by Crippen LogP contribution is -2.38. The average molecular weight is 341 g/mol. The molecule has 2 aromatic rings. The molecule has 0 aliphatic carbocycles. The summed E-state index contributed by atoms with van der Waals surface area (Å²) in [4.78, 5) is 13.7. The van der Waals surface area contributed by atoms with Gasteiger partial charge in [0.05, 0.1) is 13.2 Å². The Morgan fingerprint density at radius 1 is 1.32 bits per heavy atom. The molecule has 2 aliphatic rings. The highest BCUT2D eigenvalue weighted by Crippen LogP contribution is 2.41. The number of furan rings is 1. The van der Waals surface area contributed by atoms with Gasteiger partial charge >= 0.3 is 5.97 Å². The Hall–Kier alpha value is -2.11. The number of carbonyl (C=O) groups is 1. The fourth-order valence-corrected chi connectivity index (χ4v) is 4.38. The molecule has 2 fully saturated rings. The second-order valence-corrected chi connectivity index (χ2v) is 7.03. The van der Waals surface area contributed by atoms with Gasteiger partial charge in [0.25, 0.3) is 0 Å². The number of carboxylic acid groups (broad SMARTS) is 1. The molecule has 0 radical (unpaired) electrons. The van der Waals surface area contributed by atoms with Crippen molar-refractivity contribution < 1.29 is 19.1 Å². The number of benzene rings is 1. The van der Waals surface area contributed by atoms with E-state index < -0.39 is 5.97 Å². The first-order valence-corrected chi connectivity index (χ1v) is 8.83. The quantitative estimate of drug-likeness (QED) is 0.924. The summed E-state index contributed by atoms with van der Waals surface area (Å²) in [5.74, 6) is 1.20. The molecule has 2 aliphatic heterocycles. The van der Waals surface area contributed by atoms with E-state index in [-0.39, 0.29) is 5.56 Å². The lowest BCUT2D eigenvalue weighted by Gasteiger charge is -2.32. The van der Waals surface area contributed by atoms with Crippen LogP contribution in [-0.4, -0.2) is 41.8 Å². The summed E-state index contributed by atoms with van der Waals surface area (Å²) < 4.78 is 11.5. The van der Waals surface area contributed by atoms with Crippen LogP contribution in [0.2, 0.25) is 0 Å². The Labute approximate surface area is 147 Å². The van der Waals surface area contributed by atoms with E-state index in [4.69, 9.17) is 9.15 Å². The van der Waals surface area contributed by atoms with Gasteiger partial charge in [0.1, 0.15) is 17.1 Å². The molecular weight excluding hydrogens is 318 g/mol. The van der Waals surface area contributed by atoms with Crippen LogP contribution in [0.4, 0.5) is 0 Å². The molecule has 4 rings (SSSR count). The number of carboxylic acids is 1. The van der Waals surface area contributed by atoms with E-state index in [0.29, 0.717) is 30.2 Å². The van der Waals surface area contributed by atoms with Crippen molar-refractivity contribution in [2.75, 3.05) is 19.8 Å². The van der Waals surface area contributed by atoms with Gasteiger partial charge in [0.2, 0.25) is 0 Å². The number of ether oxygens (including phenoxy) is 1. The van der Waals surface area contributed by atoms with E-state index in [9.17, 15) is 9.90 Å². The van der Waals surface area contributed by atoms with Crippen molar-refractivity contribution in [1.29, 1.82) is 0 Å². The minimum atomic E-state index is -0.931. The van der Waals surface area contributed by atoms with Gasteiger partial charge in [-0.2, -0.15) is 0 Å². The zero-order chi connectivity index (χ0) is 17.4. The van der Waals surface area contributed by atoms with E-state index in [1.54, 1.807) is 13.0 Å². The summed E-state index contributed by atoms with van der Waals surface area (Å²) in [5, 5.41) is 9.23. The maximum absolute atomic E-state index is 11.2. The van der Waals surface area contributed by atoms with Crippen molar-refractivity contribution in [2.24, 2.45) is 5.92 Å². The second kappa shape index (κ2) is 6.65. The van der Waals surface area contributed by atoms with Gasteiger partial charge in [-0.3, -0.25) is 4.90 Å². The highest BCUT2D eigenvalue weighted by Gasteiger charge is 2.44. The predicted octanol–water partition coefficient (Wildman–Crippen LogP) is 3.29. The zero-order valence-electron chi connectivity index (χ0n) is 14.4. The zero-order valence-corrected chi connectivity index (χ0v) is 14.4. The summed E-state index contributed by atoms with van der Waals surface area (Å²) in [6.45, 7) is 4.89. The minimum absolute atomic E-state index is 0.261. The molecule has 2 saturated heterocycles. The number of hydrogen-bond donors (Lipinski definition) is 1. The Morgan fingerprint density at radius 3 is 2.84 bits per heavy atom. The van der Waals surface area contributed by atoms with Crippen LogP contribution in [0.15, 0.2) is 40.8 Å². The Balaban J connectivity index is 1.57. The van der Waals surface area contributed by atoms with Crippen LogP contribution < -0.4 is 0 Å². The second-order valence-electron chi connectivity index (χ2n) is 7.03. The molecule has 0 bridgehead atoms. The molecule has 132 valence electrons. The molecule has 3 heterocycles. The first-order chi connectivity index (χ1) is 12.1. The highest BCUT2D eigenvalue weighted by atomic mass is 16.5. The highest BCUT2D eigenvalue weighted by molar-refractivity contribution is 5.88. The van der Waals surface area contributed by atoms with Crippen molar-refractivity contribution in [1.82, 2.24) is 4.90 Å². The standard InChI is InChI=1S/C20H23NO4/c1-13-16(20(22)23)9-15(25-13)10-21-11-17(14-5-3-2-4-6-14)18-12-24-8-7-19(18)21/h2-6,9,17-19H,7-8,10-12H2,1H3,(H,22,23). The fourth-order valence-electron chi connectivity index (χ4n) is 4.38. The Bertz CT molecular complexity index is 754. The third-order valence-corrected chi connectivity index (χ3v) is 5.57. The van der Waals surface area contributed by atoms with Crippen LogP contribution in [-0.2, 0) is 11.3 Å². The smallest absolute Gasteiger partial charge is 0.339 e. The SMILES string of the molecule is Cc1oc(CN2CC(c3ccccc3)C3COCCC32)cc1C(=O)O. The Kier molecular flexibility index (Phi) is 4.36. The van der Waals surface area contributed by atoms with Crippen LogP contribution in [0.25, 0.3) is 0 Å². The van der Waals surface area contributed by atoms with Crippen molar-refractivity contribution in [3.05, 3.63) is 59.0 Å². The van der Waals surface area contributed by atoms with Gasteiger partial charge in [0, 0.05) is 31.0 Å². The van der Waals surface area contributed by atoms with E-state index in [2.05, 4.69) is 29.2 Å². The van der Waals surface area contributed by atoms with E-state index in [1.165, 1.54) is 5.56 Å². The van der Waals surface area contributed by atoms with Gasteiger partial charge in [-0.1, -0.05) is 30.3 Å². The predicted molar refractivity (Wildman–Crippen MR) is 92.7 cm³/mol. The van der Waals surface area contributed by atoms with Crippen molar-refractivity contribution in [3.63, 3.8) is 0 Å². The molecule has 0 amide bonds. The molecule has 5 nitrogen and oxygen atoms in total. The van der Waals surface area contributed by atoms with Crippen molar-refractivity contribution >= 4 is 5.97 Å². The maximum atomic E-state index is 11.2. The lowest BCUT2D eigenvalue weighted by molar-refractivity contribution is 0.0165. The average Bonchev–Trinajstić information content (AvgIpc) is 3.17. The number of aryl methyl sites for hydroxylation is 1. The van der Waals surface area contributed by atoms with Gasteiger partial charge in [0.15, 0.2) is 0 Å². The molecule has 0 spiro atoms. The number of nitrogens with zero attached hydrogens (tertiary/aromatic N) is 1. The number of rotatable bonds is 4. The number of fused-ring (bicyclic) bond motifs is 1. The van der Waals surface area contributed by atoms with E-state index >= 15 is 0 Å². The largest absolute Gasteiger partial charge is 0.478 e. The molecule has 3 atom stereocenters. The summed E-state index contributed by atoms with van der Waals surface area (Å²) in [5.41, 5.74) is 1.62. The molecular formula is C20H23NO4. The van der Waals surface area contributed by atoms with E-state index in [0.717, 1.165) is 31.9 Å². The number of hydrogen-bond acceptors (Lipinski definition) is 4. The van der Waals surface area contributed by atoms with Gasteiger partial charge < -0.3 is 14.3 Å². The number of aromatic carboxylic acids is 1. The van der Waals surface area contributed by atoms with E-state index in [1.807, 2.05) is 6.07 Å². The van der Waals surface area contributed by atoms with Crippen LogP contribution in [0.1, 0.15) is 39.8 Å². The van der Waals surface area contributed by atoms with Gasteiger partial charge in [-0.15, -0.1) is 0 Å². The molecule has 3 unspecified atom stereocenters. The van der Waals surface area contributed by atoms with Crippen LogP contribution >= 0.6 is 0 Å². The summed E-state index contributed by atoms with van der Waals surface area (Å²) in [7, 11) is 0. The monoisotopic (exact) mass is 341 g/mol. The molecule has 0 saturated carbocycles. The first-order valence-electron chi connectivity index (χ1n) is 8.83. The fraction of sp³-hybridized carbons (Fsp3) is 0.450. The van der Waals surface area contributed by atoms with Crippen LogP contribution in [0, 0.1) is 12.8 Å². The van der Waals surface area contributed by atoms with Crippen molar-refractivity contribution in [2.45, 2.75) is 31.8 Å². The van der Waals surface area contributed by atoms with Crippen molar-refractivity contribution in [3.8, 4) is 0 Å². The molecule has 5 heteroatoms. The minimum Gasteiger partial charge on any atom is -0.478 e.